The van der Waals surface area contributed by atoms with Crippen molar-refractivity contribution in [3.8, 4) is 6.07 Å². The van der Waals surface area contributed by atoms with E-state index in [0.717, 1.165) is 6.26 Å². The topological polar surface area (TPSA) is 78.2 Å². The summed E-state index contributed by atoms with van der Waals surface area (Å²) in [7, 11) is -1.58. The Morgan fingerprint density at radius 3 is 2.31 bits per heavy atom. The van der Waals surface area contributed by atoms with Crippen molar-refractivity contribution < 1.29 is 13.2 Å². The van der Waals surface area contributed by atoms with Gasteiger partial charge in [-0.05, 0) is 13.3 Å². The fraction of sp³-hybridized carbons (Fsp3) is 0.800. The highest BCUT2D eigenvalue weighted by atomic mass is 32.2. The van der Waals surface area contributed by atoms with Gasteiger partial charge in [0.25, 0.3) is 0 Å². The highest BCUT2D eigenvalue weighted by Gasteiger charge is 2.33. The van der Waals surface area contributed by atoms with Crippen LogP contribution in [0.2, 0.25) is 0 Å². The molecule has 1 amide bonds. The Labute approximate surface area is 97.0 Å². The van der Waals surface area contributed by atoms with E-state index in [9.17, 15) is 13.2 Å². The Hall–Kier alpha value is -1.09. The maximum absolute atomic E-state index is 11.9. The first kappa shape index (κ1) is 14.9. The first-order valence-corrected chi connectivity index (χ1v) is 7.07. The first-order valence-electron chi connectivity index (χ1n) is 5.01. The molecule has 6 heteroatoms. The van der Waals surface area contributed by atoms with Gasteiger partial charge in [0.15, 0.2) is 0 Å². The lowest BCUT2D eigenvalue weighted by Crippen LogP contribution is -2.41. The second kappa shape index (κ2) is 5.30. The summed E-state index contributed by atoms with van der Waals surface area (Å²) in [5, 5.41) is 8.92. The predicted molar refractivity (Wildman–Crippen MR) is 61.4 cm³/mol. The molecular formula is C10H18N2O3S. The van der Waals surface area contributed by atoms with Gasteiger partial charge in [-0.3, -0.25) is 4.79 Å². The third-order valence-corrected chi connectivity index (χ3v) is 3.49. The van der Waals surface area contributed by atoms with E-state index in [1.54, 1.807) is 13.8 Å². The molecule has 0 fully saturated rings. The molecule has 1 atom stereocenters. The van der Waals surface area contributed by atoms with Crippen molar-refractivity contribution in [1.82, 2.24) is 4.90 Å². The van der Waals surface area contributed by atoms with Crippen molar-refractivity contribution in [3.63, 3.8) is 0 Å². The minimum Gasteiger partial charge on any atom is -0.343 e. The number of nitrogens with zero attached hydrogens (tertiary/aromatic N) is 2. The van der Waals surface area contributed by atoms with Crippen molar-refractivity contribution in [1.29, 1.82) is 5.26 Å². The molecule has 0 saturated carbocycles. The van der Waals surface area contributed by atoms with Crippen LogP contribution < -0.4 is 0 Å². The maximum Gasteiger partial charge on any atom is 0.242 e. The molecule has 0 aromatic heterocycles. The Bertz CT molecular complexity index is 397. The van der Waals surface area contributed by atoms with Crippen LogP contribution in [0, 0.1) is 16.7 Å². The molecule has 0 aromatic rings. The summed E-state index contributed by atoms with van der Waals surface area (Å²) >= 11 is 0. The number of carbonyl (C=O) groups excluding carboxylic acids is 1. The fourth-order valence-electron chi connectivity index (χ4n) is 1.10. The molecule has 0 spiro atoms. The minimum atomic E-state index is -3.09. The number of hydrogen-bond acceptors (Lipinski definition) is 4. The molecule has 0 aliphatic carbocycles. The summed E-state index contributed by atoms with van der Waals surface area (Å²) in [4.78, 5) is 13.2. The largest absolute Gasteiger partial charge is 0.343 e. The quantitative estimate of drug-likeness (QED) is 0.704. The van der Waals surface area contributed by atoms with Gasteiger partial charge < -0.3 is 4.90 Å². The summed E-state index contributed by atoms with van der Waals surface area (Å²) in [5.74, 6) is -0.415. The van der Waals surface area contributed by atoms with Gasteiger partial charge in [-0.25, -0.2) is 8.42 Å². The summed E-state index contributed by atoms with van der Waals surface area (Å²) in [6.45, 7) is 3.44. The summed E-state index contributed by atoms with van der Waals surface area (Å²) < 4.78 is 21.9. The number of carbonyl (C=O) groups is 1. The average Bonchev–Trinajstić information content (AvgIpc) is 2.22. The molecule has 0 radical (unpaired) electrons. The minimum absolute atomic E-state index is 0.0829. The molecule has 16 heavy (non-hydrogen) atoms. The third kappa shape index (κ3) is 4.19. The summed E-state index contributed by atoms with van der Waals surface area (Å²) in [6, 6.07) is 1.97. The van der Waals surface area contributed by atoms with Gasteiger partial charge >= 0.3 is 0 Å². The van der Waals surface area contributed by atoms with Crippen LogP contribution in [0.4, 0.5) is 0 Å². The van der Waals surface area contributed by atoms with E-state index < -0.39 is 15.3 Å². The Balaban J connectivity index is 4.59. The predicted octanol–water partition coefficient (Wildman–Crippen LogP) is 0.429. The Morgan fingerprint density at radius 2 is 2.00 bits per heavy atom. The normalized spacial score (nSPS) is 14.9. The highest BCUT2D eigenvalue weighted by Crippen LogP contribution is 2.22. The molecule has 92 valence electrons. The number of nitriles is 1. The van der Waals surface area contributed by atoms with Crippen molar-refractivity contribution in [2.75, 3.05) is 25.6 Å². The van der Waals surface area contributed by atoms with Gasteiger partial charge in [-0.2, -0.15) is 5.26 Å². The molecule has 0 saturated heterocycles. The van der Waals surface area contributed by atoms with E-state index in [1.807, 2.05) is 6.07 Å². The second-order valence-electron chi connectivity index (χ2n) is 4.15. The molecular weight excluding hydrogens is 228 g/mol. The first-order chi connectivity index (χ1) is 7.16. The maximum atomic E-state index is 11.9. The van der Waals surface area contributed by atoms with Gasteiger partial charge in [0, 0.05) is 19.8 Å². The fourth-order valence-corrected chi connectivity index (χ4v) is 1.71. The number of hydrogen-bond donors (Lipinski definition) is 0. The van der Waals surface area contributed by atoms with Crippen molar-refractivity contribution in [2.45, 2.75) is 20.3 Å². The van der Waals surface area contributed by atoms with Crippen LogP contribution in [0.15, 0.2) is 0 Å². The van der Waals surface area contributed by atoms with Crippen molar-refractivity contribution in [3.05, 3.63) is 0 Å². The van der Waals surface area contributed by atoms with Crippen molar-refractivity contribution >= 4 is 15.7 Å². The van der Waals surface area contributed by atoms with Gasteiger partial charge in [0.2, 0.25) is 5.91 Å². The number of sulfone groups is 1. The summed E-state index contributed by atoms with van der Waals surface area (Å²) in [5.41, 5.74) is -1.06. The molecule has 0 aromatic carbocycles. The van der Waals surface area contributed by atoms with Gasteiger partial charge in [-0.15, -0.1) is 0 Å². The zero-order valence-electron chi connectivity index (χ0n) is 10.1. The van der Waals surface area contributed by atoms with Gasteiger partial charge in [-0.1, -0.05) is 6.92 Å². The zero-order valence-corrected chi connectivity index (χ0v) is 11.0. The monoisotopic (exact) mass is 246 g/mol. The summed E-state index contributed by atoms with van der Waals surface area (Å²) in [6.07, 6.45) is 1.53. The van der Waals surface area contributed by atoms with E-state index >= 15 is 0 Å². The van der Waals surface area contributed by atoms with Crippen molar-refractivity contribution in [2.24, 2.45) is 5.41 Å². The second-order valence-corrected chi connectivity index (χ2v) is 6.41. The lowest BCUT2D eigenvalue weighted by Gasteiger charge is -2.25. The molecule has 0 heterocycles. The van der Waals surface area contributed by atoms with Crippen LogP contribution in [0.5, 0.6) is 0 Å². The lowest BCUT2D eigenvalue weighted by molar-refractivity contribution is -0.136. The van der Waals surface area contributed by atoms with E-state index in [0.29, 0.717) is 6.42 Å². The number of rotatable bonds is 5. The van der Waals surface area contributed by atoms with Crippen LogP contribution in [-0.4, -0.2) is 44.8 Å². The van der Waals surface area contributed by atoms with Crippen LogP contribution in [0.25, 0.3) is 0 Å². The van der Waals surface area contributed by atoms with E-state index in [-0.39, 0.29) is 18.2 Å². The van der Waals surface area contributed by atoms with E-state index in [1.165, 1.54) is 11.9 Å². The van der Waals surface area contributed by atoms with Crippen LogP contribution in [-0.2, 0) is 14.6 Å². The smallest absolute Gasteiger partial charge is 0.242 e. The zero-order chi connectivity index (χ0) is 13.0. The molecule has 0 N–H and O–H groups in total. The molecule has 1 unspecified atom stereocenters. The molecule has 5 nitrogen and oxygen atoms in total. The molecule has 0 rings (SSSR count). The van der Waals surface area contributed by atoms with E-state index in [2.05, 4.69) is 0 Å². The SMILES string of the molecule is CCC(C)(C#N)C(=O)N(C)CCS(C)(=O)=O. The Morgan fingerprint density at radius 1 is 1.50 bits per heavy atom. The third-order valence-electron chi connectivity index (χ3n) is 2.57. The van der Waals surface area contributed by atoms with Gasteiger partial charge in [0.1, 0.15) is 15.3 Å². The Kier molecular flexibility index (Phi) is 4.94. The highest BCUT2D eigenvalue weighted by molar-refractivity contribution is 7.90. The molecule has 0 aliphatic heterocycles. The van der Waals surface area contributed by atoms with Crippen LogP contribution in [0.3, 0.4) is 0 Å². The van der Waals surface area contributed by atoms with Gasteiger partial charge in [0.05, 0.1) is 11.8 Å². The molecule has 0 bridgehead atoms. The lowest BCUT2D eigenvalue weighted by atomic mass is 9.88. The van der Waals surface area contributed by atoms with Crippen LogP contribution in [0.1, 0.15) is 20.3 Å². The molecule has 0 aliphatic rings. The average molecular weight is 246 g/mol. The standard InChI is InChI=1S/C10H18N2O3S/c1-5-10(2,8-11)9(13)12(3)6-7-16(4,14)15/h5-7H2,1-4H3. The van der Waals surface area contributed by atoms with Crippen LogP contribution >= 0.6 is 0 Å². The number of amides is 1. The van der Waals surface area contributed by atoms with E-state index in [4.69, 9.17) is 5.26 Å².